The quantitative estimate of drug-likeness (QED) is 0.322. The van der Waals surface area contributed by atoms with Gasteiger partial charge >= 0.3 is 0 Å². The van der Waals surface area contributed by atoms with Gasteiger partial charge in [-0.3, -0.25) is 9.89 Å². The van der Waals surface area contributed by atoms with Crippen LogP contribution in [0.25, 0.3) is 0 Å². The van der Waals surface area contributed by atoms with Crippen LogP contribution >= 0.6 is 35.3 Å². The van der Waals surface area contributed by atoms with E-state index in [0.29, 0.717) is 24.3 Å². The van der Waals surface area contributed by atoms with Gasteiger partial charge in [-0.05, 0) is 43.3 Å². The lowest BCUT2D eigenvalue weighted by Crippen LogP contribution is -2.44. The van der Waals surface area contributed by atoms with Crippen LogP contribution in [0.15, 0.2) is 27.0 Å². The molecule has 0 spiro atoms. The first kappa shape index (κ1) is 25.1. The summed E-state index contributed by atoms with van der Waals surface area (Å²) >= 11 is 1.83. The second-order valence-electron chi connectivity index (χ2n) is 8.82. The zero-order valence-corrected chi connectivity index (χ0v) is 21.8. The van der Waals surface area contributed by atoms with Crippen LogP contribution in [0.4, 0.5) is 0 Å². The Bertz CT molecular complexity index is 778. The van der Waals surface area contributed by atoms with Crippen LogP contribution in [0.2, 0.25) is 0 Å². The third-order valence-corrected chi connectivity index (χ3v) is 6.31. The van der Waals surface area contributed by atoms with Gasteiger partial charge in [0.05, 0.1) is 12.6 Å². The molecule has 9 heteroatoms. The Morgan fingerprint density at radius 2 is 2.07 bits per heavy atom. The predicted octanol–water partition coefficient (Wildman–Crippen LogP) is 4.18. The summed E-state index contributed by atoms with van der Waals surface area (Å²) in [5.74, 6) is 2.86. The normalized spacial score (nSPS) is 17.4. The van der Waals surface area contributed by atoms with Gasteiger partial charge in [-0.1, -0.05) is 38.9 Å². The summed E-state index contributed by atoms with van der Waals surface area (Å²) in [6, 6.07) is 4.73. The Hall–Kier alpha value is -1.20. The fourth-order valence-corrected chi connectivity index (χ4v) is 4.30. The fraction of sp³-hybridized carbons (Fsp3) is 0.667. The van der Waals surface area contributed by atoms with Crippen molar-refractivity contribution in [2.24, 2.45) is 10.9 Å². The minimum absolute atomic E-state index is 0. The highest BCUT2D eigenvalue weighted by Gasteiger charge is 2.26. The number of piperidine rings is 1. The molecule has 1 aliphatic heterocycles. The van der Waals surface area contributed by atoms with Crippen molar-refractivity contribution in [2.45, 2.75) is 58.5 Å². The Balaban J connectivity index is 0.00000320. The van der Waals surface area contributed by atoms with E-state index in [9.17, 15) is 0 Å². The number of rotatable bonds is 6. The van der Waals surface area contributed by atoms with Crippen molar-refractivity contribution in [3.05, 3.63) is 34.1 Å². The highest BCUT2D eigenvalue weighted by molar-refractivity contribution is 14.0. The van der Waals surface area contributed by atoms with Crippen LogP contribution in [0, 0.1) is 5.92 Å². The molecule has 3 heterocycles. The summed E-state index contributed by atoms with van der Waals surface area (Å²) in [5, 5.41) is 13.0. The van der Waals surface area contributed by atoms with Crippen molar-refractivity contribution in [1.29, 1.82) is 0 Å². The molecule has 2 N–H and O–H groups in total. The van der Waals surface area contributed by atoms with Crippen LogP contribution in [-0.4, -0.2) is 47.7 Å². The number of hydrogen-bond donors (Lipinski definition) is 2. The lowest BCUT2D eigenvalue weighted by atomic mass is 9.97. The summed E-state index contributed by atoms with van der Waals surface area (Å²) in [7, 11) is 1.79. The standard InChI is InChI=1S/C21H34N6OS.HI/c1-15-8-10-27(11-9-15)16(17-7-6-12-29-17)13-23-20(22-5)24-14-18-25-19(28-26-18)21(2,3)4;/h6-7,12,15-16H,8-11,13-14H2,1-5H3,(H2,22,23,24);1H. The lowest BCUT2D eigenvalue weighted by molar-refractivity contribution is 0.140. The number of likely N-dealkylation sites (tertiary alicyclic amines) is 1. The molecule has 2 aromatic rings. The molecule has 1 fully saturated rings. The van der Waals surface area contributed by atoms with Crippen molar-refractivity contribution >= 4 is 41.3 Å². The molecule has 30 heavy (non-hydrogen) atoms. The van der Waals surface area contributed by atoms with Gasteiger partial charge in [-0.25, -0.2) is 0 Å². The first-order valence-electron chi connectivity index (χ1n) is 10.4. The van der Waals surface area contributed by atoms with Crippen molar-refractivity contribution in [3.63, 3.8) is 0 Å². The second kappa shape index (κ2) is 11.4. The number of aliphatic imine (C=N–C) groups is 1. The number of thiophene rings is 1. The summed E-state index contributed by atoms with van der Waals surface area (Å²) in [6.07, 6.45) is 2.53. The minimum atomic E-state index is -0.148. The lowest BCUT2D eigenvalue weighted by Gasteiger charge is -2.36. The summed E-state index contributed by atoms with van der Waals surface area (Å²) in [6.45, 7) is 12.1. The molecule has 1 atom stereocenters. The van der Waals surface area contributed by atoms with Crippen LogP contribution < -0.4 is 10.6 Å². The highest BCUT2D eigenvalue weighted by Crippen LogP contribution is 2.29. The van der Waals surface area contributed by atoms with E-state index in [1.165, 1.54) is 17.7 Å². The topological polar surface area (TPSA) is 78.6 Å². The summed E-state index contributed by atoms with van der Waals surface area (Å²) < 4.78 is 5.36. The maximum absolute atomic E-state index is 5.36. The fourth-order valence-electron chi connectivity index (χ4n) is 3.44. The molecule has 0 saturated carbocycles. The van der Waals surface area contributed by atoms with Crippen molar-refractivity contribution in [1.82, 2.24) is 25.7 Å². The average Bonchev–Trinajstić information content (AvgIpc) is 3.37. The van der Waals surface area contributed by atoms with E-state index in [2.05, 4.69) is 75.9 Å². The smallest absolute Gasteiger partial charge is 0.232 e. The minimum Gasteiger partial charge on any atom is -0.354 e. The number of aromatic nitrogens is 2. The summed E-state index contributed by atoms with van der Waals surface area (Å²) in [5.41, 5.74) is -0.148. The molecule has 7 nitrogen and oxygen atoms in total. The third-order valence-electron chi connectivity index (χ3n) is 5.34. The molecule has 1 unspecified atom stereocenters. The molecular weight excluding hydrogens is 511 g/mol. The van der Waals surface area contributed by atoms with E-state index in [-0.39, 0.29) is 29.4 Å². The number of halogens is 1. The molecule has 3 rings (SSSR count). The number of guanidine groups is 1. The monoisotopic (exact) mass is 546 g/mol. The SMILES string of the molecule is CN=C(NCc1noc(C(C)(C)C)n1)NCC(c1cccs1)N1CCC(C)CC1.I. The van der Waals surface area contributed by atoms with E-state index >= 15 is 0 Å². The van der Waals surface area contributed by atoms with Crippen LogP contribution in [0.5, 0.6) is 0 Å². The second-order valence-corrected chi connectivity index (χ2v) is 9.80. The zero-order chi connectivity index (χ0) is 20.9. The predicted molar refractivity (Wildman–Crippen MR) is 134 cm³/mol. The van der Waals surface area contributed by atoms with Gasteiger partial charge in [0.2, 0.25) is 5.89 Å². The number of nitrogens with one attached hydrogen (secondary N) is 2. The molecular formula is C21H35IN6OS. The van der Waals surface area contributed by atoms with Gasteiger partial charge in [-0.2, -0.15) is 4.98 Å². The van der Waals surface area contributed by atoms with Crippen LogP contribution in [0.1, 0.15) is 63.2 Å². The Morgan fingerprint density at radius 1 is 1.33 bits per heavy atom. The largest absolute Gasteiger partial charge is 0.354 e. The van der Waals surface area contributed by atoms with E-state index in [4.69, 9.17) is 4.52 Å². The van der Waals surface area contributed by atoms with Crippen molar-refractivity contribution in [3.8, 4) is 0 Å². The third kappa shape index (κ3) is 6.91. The molecule has 0 aliphatic carbocycles. The van der Waals surface area contributed by atoms with Gasteiger partial charge in [0.1, 0.15) is 0 Å². The maximum atomic E-state index is 5.36. The van der Waals surface area contributed by atoms with Gasteiger partial charge in [0.15, 0.2) is 11.8 Å². The molecule has 2 aromatic heterocycles. The first-order valence-corrected chi connectivity index (χ1v) is 11.3. The van der Waals surface area contributed by atoms with Gasteiger partial charge in [0, 0.05) is 23.9 Å². The van der Waals surface area contributed by atoms with Crippen molar-refractivity contribution < 1.29 is 4.52 Å². The van der Waals surface area contributed by atoms with Gasteiger partial charge in [-0.15, -0.1) is 35.3 Å². The van der Waals surface area contributed by atoms with Crippen LogP contribution in [0.3, 0.4) is 0 Å². The molecule has 1 saturated heterocycles. The Kier molecular flexibility index (Phi) is 9.55. The van der Waals surface area contributed by atoms with Gasteiger partial charge < -0.3 is 15.2 Å². The zero-order valence-electron chi connectivity index (χ0n) is 18.6. The number of hydrogen-bond acceptors (Lipinski definition) is 6. The molecule has 0 bridgehead atoms. The van der Waals surface area contributed by atoms with E-state index in [1.54, 1.807) is 7.05 Å². The molecule has 0 aromatic carbocycles. The highest BCUT2D eigenvalue weighted by atomic mass is 127. The van der Waals surface area contributed by atoms with Crippen LogP contribution in [-0.2, 0) is 12.0 Å². The maximum Gasteiger partial charge on any atom is 0.232 e. The van der Waals surface area contributed by atoms with E-state index < -0.39 is 0 Å². The van der Waals surface area contributed by atoms with E-state index in [1.807, 2.05) is 11.3 Å². The molecule has 0 radical (unpaired) electrons. The molecule has 0 amide bonds. The molecule has 168 valence electrons. The molecule has 1 aliphatic rings. The first-order chi connectivity index (χ1) is 13.9. The Labute approximate surface area is 201 Å². The average molecular weight is 547 g/mol. The number of nitrogens with zero attached hydrogens (tertiary/aromatic N) is 4. The Morgan fingerprint density at radius 3 is 2.63 bits per heavy atom. The van der Waals surface area contributed by atoms with Crippen molar-refractivity contribution in [2.75, 3.05) is 26.7 Å². The van der Waals surface area contributed by atoms with Gasteiger partial charge in [0.25, 0.3) is 0 Å². The van der Waals surface area contributed by atoms with E-state index in [0.717, 1.165) is 31.5 Å². The summed E-state index contributed by atoms with van der Waals surface area (Å²) in [4.78, 5) is 12.8.